The third-order valence-corrected chi connectivity index (χ3v) is 21.6. The predicted molar refractivity (Wildman–Crippen MR) is 449 cm³/mol. The van der Waals surface area contributed by atoms with Crippen LogP contribution in [0.15, 0.2) is 104 Å². The predicted octanol–water partition coefficient (Wildman–Crippen LogP) is 21.2. The summed E-state index contributed by atoms with van der Waals surface area (Å²) in [6, 6.07) is 29.4. The second-order valence-electron chi connectivity index (χ2n) is 37.7. The molecule has 2 amide bonds. The number of ether oxygens (including phenoxy) is 5. The van der Waals surface area contributed by atoms with Crippen LogP contribution in [0, 0.1) is 20.8 Å². The number of benzene rings is 3. The maximum absolute atomic E-state index is 14.5. The molecule has 12 bridgehead atoms. The fourth-order valence-electron chi connectivity index (χ4n) is 14.5. The maximum Gasteiger partial charge on any atom is 0.426 e. The molecule has 34 heteroatoms. The zero-order chi connectivity index (χ0) is 92.2. The van der Waals surface area contributed by atoms with Gasteiger partial charge in [0.15, 0.2) is 17.1 Å². The number of carbonyl (C=O) groups is 2. The van der Waals surface area contributed by atoms with E-state index < -0.39 is 108 Å². The Balaban J connectivity index is 0.000000200. The fourth-order valence-corrected chi connectivity index (χ4v) is 14.5. The first-order valence-electron chi connectivity index (χ1n) is 41.9. The van der Waals surface area contributed by atoms with Crippen molar-refractivity contribution >= 4 is 29.2 Å². The second-order valence-corrected chi connectivity index (χ2v) is 37.7. The standard InChI is InChI=1S/C37H49F3N4O7.2C27H33F3N4O3/c1-22-19-26(44(31(45)50-34(5,6)7)32(46)51-35(8,9)10)27-29-42-43-30(49-29)36(47,37(38,39)40)18-13-11-12-17-25(48-28(22)41-27)21-23-15-14-16-24(20-23)33(2,3)4;2*1-16-13-20(31)21-23-33-34-24(37-23)26(35,27(28,29)30)12-7-5-6-11-19(36-22(16)32-21)15-17-9-8-10-18(14-17)25(2,3)4/h14-16,19-20,25,47H,11-13,17-18,21H2,1-10H3;2*8-10,13-14,19,35H,5-7,11-12,15,31H2,1-4H3/t25?,36-;2*19?,26-/m111/s1. The number of aryl methyl sites for hydroxylation is 3. The van der Waals surface area contributed by atoms with Crippen LogP contribution in [0.25, 0.3) is 34.8 Å². The Morgan fingerprint density at radius 2 is 0.688 bits per heavy atom. The Morgan fingerprint density at radius 1 is 0.408 bits per heavy atom. The smallest absolute Gasteiger partial charge is 0.426 e. The minimum absolute atomic E-state index is 0.00115. The molecule has 0 fully saturated rings. The molecule has 0 spiro atoms. The summed E-state index contributed by atoms with van der Waals surface area (Å²) in [4.78, 5) is 41.4. The normalized spacial score (nSPS) is 20.4. The largest absolute Gasteiger partial charge is 0.474 e. The lowest BCUT2D eigenvalue weighted by atomic mass is 9.85. The van der Waals surface area contributed by atoms with Crippen LogP contribution in [0.4, 0.5) is 66.2 Å². The molecule has 6 aromatic heterocycles. The quantitative estimate of drug-likeness (QED) is 0.0925. The monoisotopic (exact) mass is 1750 g/mol. The number of pyridine rings is 3. The first kappa shape index (κ1) is 96.7. The molecular weight excluding hydrogens is 1640 g/mol. The first-order chi connectivity index (χ1) is 57.9. The van der Waals surface area contributed by atoms with Crippen LogP contribution < -0.4 is 30.6 Å². The molecule has 3 aliphatic heterocycles. The van der Waals surface area contributed by atoms with Crippen molar-refractivity contribution in [3.63, 3.8) is 0 Å². The van der Waals surface area contributed by atoms with Crippen molar-refractivity contribution < 1.29 is 101 Å². The number of hydrogen-bond donors (Lipinski definition) is 5. The van der Waals surface area contributed by atoms with E-state index in [1.54, 1.807) is 74.4 Å². The summed E-state index contributed by atoms with van der Waals surface area (Å²) in [7, 11) is 0. The van der Waals surface area contributed by atoms with Gasteiger partial charge in [0.05, 0.1) is 17.1 Å². The lowest BCUT2D eigenvalue weighted by Crippen LogP contribution is -2.44. The van der Waals surface area contributed by atoms with Crippen LogP contribution in [-0.4, -0.2) is 121 Å². The fraction of sp³-hybridized carbons (Fsp3) is 0.549. The van der Waals surface area contributed by atoms with E-state index in [4.69, 9.17) is 48.4 Å². The van der Waals surface area contributed by atoms with Crippen molar-refractivity contribution in [3.05, 3.63) is 159 Å². The lowest BCUT2D eigenvalue weighted by Gasteiger charge is -2.30. The van der Waals surface area contributed by atoms with Gasteiger partial charge in [0, 0.05) is 36.0 Å². The number of rotatable bonds is 7. The molecule has 0 radical (unpaired) electrons. The Labute approximate surface area is 721 Å². The van der Waals surface area contributed by atoms with Gasteiger partial charge in [0.2, 0.25) is 34.4 Å². The average Bonchev–Trinajstić information content (AvgIpc) is 1.68. The van der Waals surface area contributed by atoms with Crippen molar-refractivity contribution in [2.75, 3.05) is 16.4 Å². The maximum atomic E-state index is 14.5. The van der Waals surface area contributed by atoms with E-state index >= 15 is 0 Å². The van der Waals surface area contributed by atoms with Gasteiger partial charge in [-0.2, -0.15) is 44.4 Å². The molecule has 0 aliphatic carbocycles. The molecule has 3 aromatic carbocycles. The van der Waals surface area contributed by atoms with Crippen molar-refractivity contribution in [2.24, 2.45) is 0 Å². The average molecular weight is 1760 g/mol. The van der Waals surface area contributed by atoms with Crippen LogP contribution in [0.3, 0.4) is 0 Å². The van der Waals surface area contributed by atoms with Crippen molar-refractivity contribution in [2.45, 2.75) is 321 Å². The number of fused-ring (bicyclic) bond motifs is 15. The minimum atomic E-state index is -5.16. The highest BCUT2D eigenvalue weighted by atomic mass is 19.4. The van der Waals surface area contributed by atoms with E-state index in [-0.39, 0.29) is 99.5 Å². The first-order valence-corrected chi connectivity index (χ1v) is 41.9. The van der Waals surface area contributed by atoms with Gasteiger partial charge < -0.3 is 63.7 Å². The molecule has 3 unspecified atom stereocenters. The number of nitrogens with zero attached hydrogens (tertiary/aromatic N) is 10. The number of aliphatic hydroxyl groups is 3. The number of carbonyl (C=O) groups excluding carboxylic acids is 2. The van der Waals surface area contributed by atoms with E-state index in [0.29, 0.717) is 110 Å². The van der Waals surface area contributed by atoms with Crippen LogP contribution in [0.2, 0.25) is 0 Å². The van der Waals surface area contributed by atoms with E-state index in [2.05, 4.69) is 144 Å². The van der Waals surface area contributed by atoms with Gasteiger partial charge in [0.1, 0.15) is 29.5 Å². The molecule has 7 N–H and O–H groups in total. The summed E-state index contributed by atoms with van der Waals surface area (Å²) in [6.07, 6.45) is -13.9. The molecule has 125 heavy (non-hydrogen) atoms. The number of alkyl halides is 9. The number of amides is 2. The van der Waals surface area contributed by atoms with Gasteiger partial charge in [-0.1, -0.05) is 154 Å². The lowest BCUT2D eigenvalue weighted by molar-refractivity contribution is -0.277. The highest BCUT2D eigenvalue weighted by Crippen LogP contribution is 2.49. The van der Waals surface area contributed by atoms with Crippen LogP contribution >= 0.6 is 0 Å². The van der Waals surface area contributed by atoms with Gasteiger partial charge in [-0.05, 0) is 207 Å². The number of hydrogen-bond acceptors (Lipinski definition) is 24. The van der Waals surface area contributed by atoms with Crippen LogP contribution in [0.1, 0.15) is 268 Å². The third kappa shape index (κ3) is 24.0. The Bertz CT molecular complexity index is 5010. The molecule has 3 aliphatic rings. The van der Waals surface area contributed by atoms with Crippen LogP contribution in [-0.2, 0) is 61.8 Å². The summed E-state index contributed by atoms with van der Waals surface area (Å²) in [5.74, 6) is -3.51. The van der Waals surface area contributed by atoms with Gasteiger partial charge >= 0.3 is 30.7 Å². The number of aromatic nitrogens is 9. The Kier molecular flexibility index (Phi) is 29.1. The van der Waals surface area contributed by atoms with Crippen molar-refractivity contribution in [1.29, 1.82) is 0 Å². The Morgan fingerprint density at radius 3 is 0.968 bits per heavy atom. The highest BCUT2D eigenvalue weighted by molar-refractivity contribution is 6.11. The number of anilines is 3. The van der Waals surface area contributed by atoms with Gasteiger partial charge in [-0.3, -0.25) is 0 Å². The summed E-state index contributed by atoms with van der Waals surface area (Å²) in [5.41, 5.74) is 8.15. The summed E-state index contributed by atoms with van der Waals surface area (Å²) >= 11 is 0. The topological polar surface area (TPSA) is 352 Å². The van der Waals surface area contributed by atoms with E-state index in [1.807, 2.05) is 36.4 Å². The second kappa shape index (κ2) is 37.6. The zero-order valence-electron chi connectivity index (χ0n) is 74.1. The van der Waals surface area contributed by atoms with Crippen molar-refractivity contribution in [1.82, 2.24) is 45.5 Å². The summed E-state index contributed by atoms with van der Waals surface area (Å²) < 4.78 is 173. The molecule has 12 rings (SSSR count). The minimum Gasteiger partial charge on any atom is -0.474 e. The highest BCUT2D eigenvalue weighted by Gasteiger charge is 2.61. The summed E-state index contributed by atoms with van der Waals surface area (Å²) in [5, 5.41) is 54.1. The molecule has 9 heterocycles. The van der Waals surface area contributed by atoms with E-state index in [9.17, 15) is 64.4 Å². The van der Waals surface area contributed by atoms with Gasteiger partial charge in [-0.15, -0.1) is 30.6 Å². The molecule has 0 saturated heterocycles. The molecule has 680 valence electrons. The number of imide groups is 1. The molecule has 6 atom stereocenters. The van der Waals surface area contributed by atoms with Gasteiger partial charge in [0.25, 0.3) is 35.3 Å². The van der Waals surface area contributed by atoms with Crippen molar-refractivity contribution in [3.8, 4) is 52.4 Å². The third-order valence-electron chi connectivity index (χ3n) is 21.6. The SMILES string of the molecule is Cc1cc(N(C(=O)OC(C)(C)C)C(=O)OC(C)(C)C)c2nc1OC(Cc1cccc(C(C)(C)C)c1)CCCCC[C@](O)(C(F)(F)F)c1nnc-2o1.Cc1cc(N)c2nc1OC(Cc1cccc(C(C)(C)C)c1)CCCCC[C@](O)(C(F)(F)F)c1nnc-2o1.Cc1cc(N)c2nc1OC(Cc1cccc(C(C)(C)C)c1)CCCCC[C@](O)(C(F)(F)F)c1nnc-2o1. The summed E-state index contributed by atoms with van der Waals surface area (Å²) in [6.45, 7) is 34.1. The van der Waals surface area contributed by atoms with E-state index in [0.717, 1.165) is 22.3 Å². The number of nitrogen functional groups attached to an aromatic ring is 2. The Hall–Kier alpha value is -10.5. The van der Waals surface area contributed by atoms with Crippen LogP contribution in [0.5, 0.6) is 17.6 Å². The number of halogens is 9. The molecule has 0 saturated carbocycles. The molecule has 9 aromatic rings. The number of nitrogens with two attached hydrogens (primary N) is 2. The van der Waals surface area contributed by atoms with Gasteiger partial charge in [-0.25, -0.2) is 24.5 Å². The molecule has 25 nitrogen and oxygen atoms in total. The molecular formula is C91H115F9N12O13. The van der Waals surface area contributed by atoms with E-state index in [1.165, 1.54) is 17.2 Å². The zero-order valence-corrected chi connectivity index (χ0v) is 74.1.